The van der Waals surface area contributed by atoms with Gasteiger partial charge in [0.15, 0.2) is 0 Å². The van der Waals surface area contributed by atoms with Crippen molar-refractivity contribution in [1.29, 1.82) is 0 Å². The molecular weight excluding hydrogens is 337 g/mol. The third-order valence-electron chi connectivity index (χ3n) is 3.19. The van der Waals surface area contributed by atoms with Crippen molar-refractivity contribution < 1.29 is 5.11 Å². The van der Waals surface area contributed by atoms with Gasteiger partial charge in [0.25, 0.3) is 0 Å². The van der Waals surface area contributed by atoms with Crippen molar-refractivity contribution in [3.8, 4) is 0 Å². The first-order valence-electron chi connectivity index (χ1n) is 6.02. The molecule has 2 rings (SSSR count). The summed E-state index contributed by atoms with van der Waals surface area (Å²) >= 11 is 19.7. The maximum absolute atomic E-state index is 10.6. The van der Waals surface area contributed by atoms with Gasteiger partial charge in [-0.05, 0) is 35.6 Å². The minimum absolute atomic E-state index is 0.260. The predicted molar refractivity (Wildman–Crippen MR) is 87.3 cm³/mol. The number of rotatable bonds is 4. The second kappa shape index (κ2) is 6.65. The Hall–Kier alpha value is -0.290. The molecule has 2 nitrogen and oxygen atoms in total. The van der Waals surface area contributed by atoms with E-state index in [-0.39, 0.29) is 12.5 Å². The van der Waals surface area contributed by atoms with Gasteiger partial charge < -0.3 is 10.8 Å². The minimum Gasteiger partial charge on any atom is -0.387 e. The molecule has 20 heavy (non-hydrogen) atoms. The summed E-state index contributed by atoms with van der Waals surface area (Å²) in [6, 6.07) is 5.17. The van der Waals surface area contributed by atoms with E-state index in [4.69, 9.17) is 40.5 Å². The summed E-state index contributed by atoms with van der Waals surface area (Å²) in [7, 11) is 0. The first kappa shape index (κ1) is 16.1. The third-order valence-corrected chi connectivity index (χ3v) is 5.54. The lowest BCUT2D eigenvalue weighted by atomic mass is 9.92. The largest absolute Gasteiger partial charge is 0.387 e. The highest BCUT2D eigenvalue weighted by Crippen LogP contribution is 2.41. The zero-order valence-corrected chi connectivity index (χ0v) is 13.8. The molecule has 108 valence electrons. The summed E-state index contributed by atoms with van der Waals surface area (Å²) in [6.07, 6.45) is -0.787. The highest BCUT2D eigenvalue weighted by atomic mass is 35.5. The molecule has 0 aliphatic heterocycles. The molecule has 0 amide bonds. The number of thiophene rings is 1. The molecule has 0 spiro atoms. The number of nitrogens with two attached hydrogens (primary N) is 1. The Morgan fingerprint density at radius 2 is 2.00 bits per heavy atom. The molecule has 2 atom stereocenters. The van der Waals surface area contributed by atoms with Crippen LogP contribution in [0.3, 0.4) is 0 Å². The Bertz CT molecular complexity index is 614. The standard InChI is InChI=1S/C14H14Cl3NOS/c1-7-6-20-14(12(7)17)13(19)10(5-18)9-3-2-8(15)4-11(9)16/h2-4,6,10,13,19H,5,18H2,1H3. The molecular formula is C14H14Cl3NOS. The van der Waals surface area contributed by atoms with E-state index < -0.39 is 6.10 Å². The molecule has 0 aliphatic carbocycles. The first-order chi connectivity index (χ1) is 9.45. The average Bonchev–Trinajstić information content (AvgIpc) is 2.73. The van der Waals surface area contributed by atoms with Gasteiger partial charge in [-0.3, -0.25) is 0 Å². The Morgan fingerprint density at radius 1 is 1.30 bits per heavy atom. The van der Waals surface area contributed by atoms with Crippen LogP contribution in [0.25, 0.3) is 0 Å². The van der Waals surface area contributed by atoms with E-state index in [9.17, 15) is 5.11 Å². The van der Waals surface area contributed by atoms with Crippen molar-refractivity contribution in [2.24, 2.45) is 5.73 Å². The summed E-state index contributed by atoms with van der Waals surface area (Å²) in [5.41, 5.74) is 7.54. The predicted octanol–water partition coefficient (Wildman–Crippen LogP) is 4.79. The van der Waals surface area contributed by atoms with E-state index in [1.807, 2.05) is 12.3 Å². The fraction of sp³-hybridized carbons (Fsp3) is 0.286. The van der Waals surface area contributed by atoms with Gasteiger partial charge in [-0.25, -0.2) is 0 Å². The van der Waals surface area contributed by atoms with Gasteiger partial charge in [0.05, 0.1) is 16.0 Å². The van der Waals surface area contributed by atoms with Gasteiger partial charge in [-0.2, -0.15) is 0 Å². The van der Waals surface area contributed by atoms with Gasteiger partial charge >= 0.3 is 0 Å². The lowest BCUT2D eigenvalue weighted by Crippen LogP contribution is -2.20. The van der Waals surface area contributed by atoms with Crippen molar-refractivity contribution in [3.05, 3.63) is 54.7 Å². The second-order valence-electron chi connectivity index (χ2n) is 4.55. The van der Waals surface area contributed by atoms with Gasteiger partial charge in [0, 0.05) is 22.5 Å². The quantitative estimate of drug-likeness (QED) is 0.832. The summed E-state index contributed by atoms with van der Waals surface area (Å²) in [6.45, 7) is 2.16. The highest BCUT2D eigenvalue weighted by Gasteiger charge is 2.27. The number of benzene rings is 1. The van der Waals surface area contributed by atoms with Crippen LogP contribution in [-0.4, -0.2) is 11.7 Å². The van der Waals surface area contributed by atoms with Gasteiger partial charge in [0.1, 0.15) is 0 Å². The molecule has 2 aromatic rings. The van der Waals surface area contributed by atoms with Gasteiger partial charge in [-0.15, -0.1) is 11.3 Å². The van der Waals surface area contributed by atoms with Crippen LogP contribution in [0, 0.1) is 6.92 Å². The molecule has 1 heterocycles. The zero-order chi connectivity index (χ0) is 14.9. The van der Waals surface area contributed by atoms with Gasteiger partial charge in [0.2, 0.25) is 0 Å². The zero-order valence-electron chi connectivity index (χ0n) is 10.7. The van der Waals surface area contributed by atoms with Crippen LogP contribution in [0.2, 0.25) is 15.1 Å². The molecule has 0 saturated heterocycles. The molecule has 0 radical (unpaired) electrons. The summed E-state index contributed by atoms with van der Waals surface area (Å²) in [4.78, 5) is 0.714. The van der Waals surface area contributed by atoms with Crippen LogP contribution < -0.4 is 5.73 Å². The van der Waals surface area contributed by atoms with E-state index in [1.54, 1.807) is 18.2 Å². The smallest absolute Gasteiger partial charge is 0.0977 e. The molecule has 2 unspecified atom stereocenters. The van der Waals surface area contributed by atoms with Crippen LogP contribution >= 0.6 is 46.1 Å². The maximum atomic E-state index is 10.6. The number of aliphatic hydroxyl groups is 1. The van der Waals surface area contributed by atoms with E-state index in [2.05, 4.69) is 0 Å². The Balaban J connectivity index is 2.39. The summed E-state index contributed by atoms with van der Waals surface area (Å²) in [5.74, 6) is -0.324. The van der Waals surface area contributed by atoms with E-state index in [0.29, 0.717) is 19.9 Å². The van der Waals surface area contributed by atoms with Crippen molar-refractivity contribution in [3.63, 3.8) is 0 Å². The number of hydrogen-bond donors (Lipinski definition) is 2. The van der Waals surface area contributed by atoms with E-state index >= 15 is 0 Å². The molecule has 0 bridgehead atoms. The highest BCUT2D eigenvalue weighted by molar-refractivity contribution is 7.10. The summed E-state index contributed by atoms with van der Waals surface area (Å²) in [5, 5.41) is 14.1. The molecule has 1 aromatic heterocycles. The second-order valence-corrected chi connectivity index (χ2v) is 6.68. The van der Waals surface area contributed by atoms with Crippen LogP contribution in [0.4, 0.5) is 0 Å². The summed E-state index contributed by atoms with van der Waals surface area (Å²) < 4.78 is 0. The van der Waals surface area contributed by atoms with Crippen molar-refractivity contribution >= 4 is 46.1 Å². The van der Waals surface area contributed by atoms with Crippen molar-refractivity contribution in [2.75, 3.05) is 6.54 Å². The van der Waals surface area contributed by atoms with E-state index in [1.165, 1.54) is 11.3 Å². The molecule has 6 heteroatoms. The van der Waals surface area contributed by atoms with E-state index in [0.717, 1.165) is 11.1 Å². The number of aliphatic hydroxyl groups excluding tert-OH is 1. The number of aryl methyl sites for hydroxylation is 1. The average molecular weight is 351 g/mol. The van der Waals surface area contributed by atoms with Crippen LogP contribution in [0.15, 0.2) is 23.6 Å². The normalized spacial score (nSPS) is 14.3. The van der Waals surface area contributed by atoms with Gasteiger partial charge in [-0.1, -0.05) is 40.9 Å². The SMILES string of the molecule is Cc1csc(C(O)C(CN)c2ccc(Cl)cc2Cl)c1Cl. The molecule has 0 aliphatic rings. The minimum atomic E-state index is -0.787. The lowest BCUT2D eigenvalue weighted by Gasteiger charge is -2.22. The van der Waals surface area contributed by atoms with Crippen LogP contribution in [-0.2, 0) is 0 Å². The Morgan fingerprint density at radius 3 is 2.50 bits per heavy atom. The topological polar surface area (TPSA) is 46.2 Å². The van der Waals surface area contributed by atoms with Crippen molar-refractivity contribution in [1.82, 2.24) is 0 Å². The first-order valence-corrected chi connectivity index (χ1v) is 8.03. The number of hydrogen-bond acceptors (Lipinski definition) is 3. The monoisotopic (exact) mass is 349 g/mol. The maximum Gasteiger partial charge on any atom is 0.0977 e. The number of halogens is 3. The van der Waals surface area contributed by atoms with Crippen LogP contribution in [0.1, 0.15) is 28.0 Å². The van der Waals surface area contributed by atoms with Crippen molar-refractivity contribution in [2.45, 2.75) is 18.9 Å². The van der Waals surface area contributed by atoms with Crippen LogP contribution in [0.5, 0.6) is 0 Å². The Kier molecular flexibility index (Phi) is 5.35. The third kappa shape index (κ3) is 3.14. The molecule has 1 aromatic carbocycles. The molecule has 0 fully saturated rings. The Labute approximate surface area is 137 Å². The molecule has 3 N–H and O–H groups in total. The fourth-order valence-electron chi connectivity index (χ4n) is 2.06. The lowest BCUT2D eigenvalue weighted by molar-refractivity contribution is 0.151. The fourth-order valence-corrected chi connectivity index (χ4v) is 3.96. The molecule has 0 saturated carbocycles.